The van der Waals surface area contributed by atoms with Crippen molar-refractivity contribution in [3.8, 4) is 5.13 Å². The van der Waals surface area contributed by atoms with Crippen LogP contribution >= 0.6 is 11.3 Å². The van der Waals surface area contributed by atoms with E-state index in [0.717, 1.165) is 18.1 Å². The highest BCUT2D eigenvalue weighted by Crippen LogP contribution is 2.32. The zero-order chi connectivity index (χ0) is 13.3. The number of rotatable bonds is 2. The number of carbonyl (C=O) groups excluding carboxylic acids is 1. The third kappa shape index (κ3) is 2.30. The molecule has 0 radical (unpaired) electrons. The summed E-state index contributed by atoms with van der Waals surface area (Å²) in [5.74, 6) is -1.07. The van der Waals surface area contributed by atoms with Crippen molar-refractivity contribution in [3.05, 3.63) is 17.2 Å². The second kappa shape index (κ2) is 4.33. The van der Waals surface area contributed by atoms with Crippen molar-refractivity contribution in [3.63, 3.8) is 0 Å². The van der Waals surface area contributed by atoms with E-state index in [4.69, 9.17) is 0 Å². The maximum absolute atomic E-state index is 12.3. The van der Waals surface area contributed by atoms with Gasteiger partial charge in [0.2, 0.25) is 10.1 Å². The highest BCUT2D eigenvalue weighted by atomic mass is 32.1. The standard InChI is InChI=1S/C7H4F3N5O2S/c1-17-4(16)3-11-2-15(14-3)6-13-12-5(18-6)7(8,9)10/h2H,1H3. The topological polar surface area (TPSA) is 82.8 Å². The molecule has 96 valence electrons. The summed E-state index contributed by atoms with van der Waals surface area (Å²) in [6.45, 7) is 0. The molecular formula is C7H4F3N5O2S. The zero-order valence-electron chi connectivity index (χ0n) is 8.67. The maximum atomic E-state index is 12.3. The van der Waals surface area contributed by atoms with Gasteiger partial charge in [0, 0.05) is 0 Å². The van der Waals surface area contributed by atoms with Crippen LogP contribution in [0.4, 0.5) is 13.2 Å². The largest absolute Gasteiger partial charge is 0.463 e. The molecule has 11 heteroatoms. The van der Waals surface area contributed by atoms with Crippen molar-refractivity contribution in [1.82, 2.24) is 25.0 Å². The van der Waals surface area contributed by atoms with E-state index < -0.39 is 17.2 Å². The summed E-state index contributed by atoms with van der Waals surface area (Å²) >= 11 is 0.287. The molecular weight excluding hydrogens is 275 g/mol. The van der Waals surface area contributed by atoms with Crippen LogP contribution in [0.25, 0.3) is 5.13 Å². The SMILES string of the molecule is COC(=O)c1ncn(-c2nnc(C(F)(F)F)s2)n1. The lowest BCUT2D eigenvalue weighted by Crippen LogP contribution is -2.05. The Hall–Kier alpha value is -2.04. The molecule has 2 aromatic heterocycles. The molecule has 18 heavy (non-hydrogen) atoms. The molecule has 0 bridgehead atoms. The minimum Gasteiger partial charge on any atom is -0.463 e. The van der Waals surface area contributed by atoms with Gasteiger partial charge in [0.25, 0.3) is 5.82 Å². The number of hydrogen-bond donors (Lipinski definition) is 0. The second-order valence-corrected chi connectivity index (χ2v) is 3.85. The van der Waals surface area contributed by atoms with Gasteiger partial charge in [-0.2, -0.15) is 17.9 Å². The minimum atomic E-state index is -4.57. The Morgan fingerprint density at radius 2 is 2.17 bits per heavy atom. The number of halogens is 3. The van der Waals surface area contributed by atoms with E-state index >= 15 is 0 Å². The van der Waals surface area contributed by atoms with E-state index in [9.17, 15) is 18.0 Å². The minimum absolute atomic E-state index is 0.148. The normalized spacial score (nSPS) is 11.6. The molecule has 0 spiro atoms. The molecule has 7 nitrogen and oxygen atoms in total. The van der Waals surface area contributed by atoms with E-state index in [1.165, 1.54) is 0 Å². The highest BCUT2D eigenvalue weighted by Gasteiger charge is 2.36. The highest BCUT2D eigenvalue weighted by molar-refractivity contribution is 7.13. The van der Waals surface area contributed by atoms with Crippen molar-refractivity contribution < 1.29 is 22.7 Å². The van der Waals surface area contributed by atoms with Gasteiger partial charge < -0.3 is 4.74 Å². The molecule has 0 amide bonds. The lowest BCUT2D eigenvalue weighted by atomic mass is 10.6. The first kappa shape index (κ1) is 12.4. The molecule has 0 saturated heterocycles. The Labute approximate surface area is 101 Å². The van der Waals surface area contributed by atoms with Crippen LogP contribution < -0.4 is 0 Å². The summed E-state index contributed by atoms with van der Waals surface area (Å²) in [4.78, 5) is 14.6. The monoisotopic (exact) mass is 279 g/mol. The predicted molar refractivity (Wildman–Crippen MR) is 51.2 cm³/mol. The van der Waals surface area contributed by atoms with Crippen LogP contribution in [0.2, 0.25) is 0 Å². The number of alkyl halides is 3. The predicted octanol–water partition coefficient (Wildman–Crippen LogP) is 0.924. The quantitative estimate of drug-likeness (QED) is 0.760. The fourth-order valence-electron chi connectivity index (χ4n) is 0.963. The Kier molecular flexibility index (Phi) is 2.98. The van der Waals surface area contributed by atoms with Crippen LogP contribution in [0.3, 0.4) is 0 Å². The van der Waals surface area contributed by atoms with E-state index in [1.54, 1.807) is 0 Å². The Morgan fingerprint density at radius 1 is 1.44 bits per heavy atom. The number of nitrogens with zero attached hydrogens (tertiary/aromatic N) is 5. The van der Waals surface area contributed by atoms with Crippen LogP contribution in [0.1, 0.15) is 15.6 Å². The summed E-state index contributed by atoms with van der Waals surface area (Å²) in [5.41, 5.74) is 0. The first-order valence-corrected chi connectivity index (χ1v) is 5.14. The number of hydrogen-bond acceptors (Lipinski definition) is 7. The number of carbonyl (C=O) groups is 1. The van der Waals surface area contributed by atoms with E-state index in [-0.39, 0.29) is 22.3 Å². The van der Waals surface area contributed by atoms with Gasteiger partial charge in [-0.25, -0.2) is 9.78 Å². The van der Waals surface area contributed by atoms with Crippen molar-refractivity contribution in [2.75, 3.05) is 7.11 Å². The summed E-state index contributed by atoms with van der Waals surface area (Å²) < 4.78 is 42.2. The molecule has 2 heterocycles. The molecule has 0 saturated carbocycles. The van der Waals surface area contributed by atoms with Crippen LogP contribution in [0, 0.1) is 0 Å². The van der Waals surface area contributed by atoms with E-state index in [0.29, 0.717) is 0 Å². The van der Waals surface area contributed by atoms with E-state index in [1.807, 2.05) is 0 Å². The van der Waals surface area contributed by atoms with Gasteiger partial charge in [-0.3, -0.25) is 0 Å². The van der Waals surface area contributed by atoms with Gasteiger partial charge in [-0.15, -0.1) is 15.3 Å². The maximum Gasteiger partial charge on any atom is 0.445 e. The third-order valence-electron chi connectivity index (χ3n) is 1.71. The fourth-order valence-corrected chi connectivity index (χ4v) is 1.60. The molecule has 0 aliphatic rings. The van der Waals surface area contributed by atoms with Gasteiger partial charge in [0.1, 0.15) is 6.33 Å². The van der Waals surface area contributed by atoms with Gasteiger partial charge in [-0.1, -0.05) is 11.3 Å². The lowest BCUT2D eigenvalue weighted by Gasteiger charge is -1.97. The van der Waals surface area contributed by atoms with Gasteiger partial charge >= 0.3 is 12.1 Å². The Bertz CT molecular complexity index is 578. The van der Waals surface area contributed by atoms with Crippen molar-refractivity contribution in [2.45, 2.75) is 6.18 Å². The van der Waals surface area contributed by atoms with E-state index in [2.05, 4.69) is 25.0 Å². The summed E-state index contributed by atoms with van der Waals surface area (Å²) in [6, 6.07) is 0. The number of ether oxygens (including phenoxy) is 1. The van der Waals surface area contributed by atoms with Crippen LogP contribution in [0.15, 0.2) is 6.33 Å². The zero-order valence-corrected chi connectivity index (χ0v) is 9.49. The first-order valence-electron chi connectivity index (χ1n) is 4.33. The molecule has 2 rings (SSSR count). The number of methoxy groups -OCH3 is 1. The number of esters is 1. The molecule has 0 aliphatic heterocycles. The molecule has 0 unspecified atom stereocenters. The number of aromatic nitrogens is 5. The Balaban J connectivity index is 2.30. The van der Waals surface area contributed by atoms with Crippen molar-refractivity contribution >= 4 is 17.3 Å². The van der Waals surface area contributed by atoms with Crippen molar-refractivity contribution in [2.24, 2.45) is 0 Å². The summed E-state index contributed by atoms with van der Waals surface area (Å²) in [6.07, 6.45) is -3.52. The molecule has 0 fully saturated rings. The molecule has 2 aromatic rings. The fraction of sp³-hybridized carbons (Fsp3) is 0.286. The van der Waals surface area contributed by atoms with Crippen LogP contribution in [0.5, 0.6) is 0 Å². The molecule has 0 atom stereocenters. The van der Waals surface area contributed by atoms with Crippen LogP contribution in [-0.2, 0) is 10.9 Å². The lowest BCUT2D eigenvalue weighted by molar-refractivity contribution is -0.138. The van der Waals surface area contributed by atoms with Gasteiger partial charge in [-0.05, 0) is 0 Å². The van der Waals surface area contributed by atoms with Crippen LogP contribution in [-0.4, -0.2) is 38.0 Å². The summed E-state index contributed by atoms with van der Waals surface area (Å²) in [5, 5.41) is 8.65. The molecule has 0 N–H and O–H groups in total. The third-order valence-corrected chi connectivity index (χ3v) is 2.67. The molecule has 0 aliphatic carbocycles. The summed E-state index contributed by atoms with van der Waals surface area (Å²) in [7, 11) is 1.13. The van der Waals surface area contributed by atoms with Crippen molar-refractivity contribution in [1.29, 1.82) is 0 Å². The Morgan fingerprint density at radius 3 is 2.72 bits per heavy atom. The average molecular weight is 279 g/mol. The smallest absolute Gasteiger partial charge is 0.445 e. The molecule has 0 aromatic carbocycles. The first-order chi connectivity index (χ1) is 8.41. The van der Waals surface area contributed by atoms with Gasteiger partial charge in [0.05, 0.1) is 7.11 Å². The average Bonchev–Trinajstić information content (AvgIpc) is 2.94. The van der Waals surface area contributed by atoms with Gasteiger partial charge in [0.15, 0.2) is 0 Å². The second-order valence-electron chi connectivity index (χ2n) is 2.89.